The zero-order chi connectivity index (χ0) is 17.9. The van der Waals surface area contributed by atoms with Gasteiger partial charge in [0.2, 0.25) is 11.8 Å². The highest BCUT2D eigenvalue weighted by molar-refractivity contribution is 5.98. The SMILES string of the molecule is C=CC(=O)Nc1cccc(CC(=O)N(C)CCCC(CC)CC)c1. The van der Waals surface area contributed by atoms with Gasteiger partial charge in [0.15, 0.2) is 0 Å². The molecule has 1 aromatic rings. The number of nitrogens with one attached hydrogen (secondary N) is 1. The lowest BCUT2D eigenvalue weighted by Crippen LogP contribution is -2.29. The molecule has 0 spiro atoms. The van der Waals surface area contributed by atoms with Crippen LogP contribution < -0.4 is 5.32 Å². The second-order valence-electron chi connectivity index (χ2n) is 6.21. The van der Waals surface area contributed by atoms with Crippen LogP contribution in [0, 0.1) is 5.92 Å². The number of amides is 2. The maximum Gasteiger partial charge on any atom is 0.247 e. The van der Waals surface area contributed by atoms with Crippen molar-refractivity contribution in [3.05, 3.63) is 42.5 Å². The fourth-order valence-electron chi connectivity index (χ4n) is 2.70. The number of carbonyl (C=O) groups excluding carboxylic acids is 2. The summed E-state index contributed by atoms with van der Waals surface area (Å²) in [4.78, 5) is 25.5. The standard InChI is InChI=1S/C20H30N2O2/c1-5-16(6-2)11-9-13-22(4)20(24)15-17-10-8-12-18(14-17)21-19(23)7-3/h7-8,10,12,14,16H,3,5-6,9,11,13,15H2,1-2,4H3,(H,21,23). The summed E-state index contributed by atoms with van der Waals surface area (Å²) in [5, 5.41) is 2.71. The molecule has 0 aromatic heterocycles. The Bertz CT molecular complexity index is 550. The summed E-state index contributed by atoms with van der Waals surface area (Å²) in [5.41, 5.74) is 1.58. The highest BCUT2D eigenvalue weighted by atomic mass is 16.2. The van der Waals surface area contributed by atoms with E-state index in [-0.39, 0.29) is 11.8 Å². The molecule has 2 amide bonds. The molecule has 0 unspecified atom stereocenters. The minimum absolute atomic E-state index is 0.103. The smallest absolute Gasteiger partial charge is 0.247 e. The second kappa shape index (κ2) is 10.6. The summed E-state index contributed by atoms with van der Waals surface area (Å²) in [7, 11) is 1.86. The van der Waals surface area contributed by atoms with E-state index in [0.717, 1.165) is 24.4 Å². The van der Waals surface area contributed by atoms with Crippen LogP contribution in [-0.4, -0.2) is 30.3 Å². The summed E-state index contributed by atoms with van der Waals surface area (Å²) in [5.74, 6) is 0.613. The van der Waals surface area contributed by atoms with E-state index in [1.54, 1.807) is 11.0 Å². The summed E-state index contributed by atoms with van der Waals surface area (Å²) >= 11 is 0. The molecular weight excluding hydrogens is 300 g/mol. The lowest BCUT2D eigenvalue weighted by atomic mass is 9.97. The Morgan fingerprint density at radius 3 is 2.62 bits per heavy atom. The molecular formula is C20H30N2O2. The molecule has 0 heterocycles. The molecule has 0 aliphatic rings. The third kappa shape index (κ3) is 6.99. The molecule has 0 atom stereocenters. The topological polar surface area (TPSA) is 49.4 Å². The van der Waals surface area contributed by atoms with Crippen LogP contribution in [0.5, 0.6) is 0 Å². The van der Waals surface area contributed by atoms with Crippen LogP contribution in [0.15, 0.2) is 36.9 Å². The molecule has 132 valence electrons. The number of nitrogens with zero attached hydrogens (tertiary/aromatic N) is 1. The number of hydrogen-bond donors (Lipinski definition) is 1. The van der Waals surface area contributed by atoms with Crippen LogP contribution in [-0.2, 0) is 16.0 Å². The fourth-order valence-corrected chi connectivity index (χ4v) is 2.70. The first kappa shape index (κ1) is 19.9. The van der Waals surface area contributed by atoms with Crippen molar-refractivity contribution >= 4 is 17.5 Å². The lowest BCUT2D eigenvalue weighted by molar-refractivity contribution is -0.129. The molecule has 0 radical (unpaired) electrons. The van der Waals surface area contributed by atoms with Crippen LogP contribution in [0.25, 0.3) is 0 Å². The summed E-state index contributed by atoms with van der Waals surface area (Å²) in [6.07, 6.45) is 6.21. The van der Waals surface area contributed by atoms with Gasteiger partial charge >= 0.3 is 0 Å². The van der Waals surface area contributed by atoms with Gasteiger partial charge in [-0.1, -0.05) is 45.4 Å². The van der Waals surface area contributed by atoms with E-state index < -0.39 is 0 Å². The van der Waals surface area contributed by atoms with E-state index in [1.165, 1.54) is 25.3 Å². The Labute approximate surface area is 145 Å². The van der Waals surface area contributed by atoms with Crippen molar-refractivity contribution in [3.63, 3.8) is 0 Å². The molecule has 4 nitrogen and oxygen atoms in total. The summed E-state index contributed by atoms with van der Waals surface area (Å²) < 4.78 is 0. The van der Waals surface area contributed by atoms with Crippen LogP contribution >= 0.6 is 0 Å². The molecule has 0 aliphatic carbocycles. The number of rotatable bonds is 10. The van der Waals surface area contributed by atoms with Crippen LogP contribution in [0.3, 0.4) is 0 Å². The van der Waals surface area contributed by atoms with Gasteiger partial charge in [0.05, 0.1) is 6.42 Å². The summed E-state index contributed by atoms with van der Waals surface area (Å²) in [6.45, 7) is 8.67. The van der Waals surface area contributed by atoms with Crippen molar-refractivity contribution in [3.8, 4) is 0 Å². The van der Waals surface area contributed by atoms with E-state index in [4.69, 9.17) is 0 Å². The molecule has 0 saturated heterocycles. The monoisotopic (exact) mass is 330 g/mol. The predicted molar refractivity (Wildman–Crippen MR) is 99.9 cm³/mol. The molecule has 0 bridgehead atoms. The average molecular weight is 330 g/mol. The molecule has 1 N–H and O–H groups in total. The molecule has 0 aliphatic heterocycles. The Kier molecular flexibility index (Phi) is 8.84. The summed E-state index contributed by atoms with van der Waals surface area (Å²) in [6, 6.07) is 7.37. The van der Waals surface area contributed by atoms with Crippen LogP contribution in [0.2, 0.25) is 0 Å². The number of hydrogen-bond acceptors (Lipinski definition) is 2. The maximum atomic E-state index is 12.3. The highest BCUT2D eigenvalue weighted by Crippen LogP contribution is 2.15. The number of benzene rings is 1. The van der Waals surface area contributed by atoms with Crippen molar-refractivity contribution in [2.75, 3.05) is 18.9 Å². The molecule has 1 aromatic carbocycles. The second-order valence-corrected chi connectivity index (χ2v) is 6.21. The molecule has 4 heteroatoms. The maximum absolute atomic E-state index is 12.3. The van der Waals surface area contributed by atoms with Gasteiger partial charge in [-0.05, 0) is 42.5 Å². The van der Waals surface area contributed by atoms with Gasteiger partial charge in [-0.25, -0.2) is 0 Å². The first-order valence-electron chi connectivity index (χ1n) is 8.76. The van der Waals surface area contributed by atoms with Gasteiger partial charge < -0.3 is 10.2 Å². The zero-order valence-corrected chi connectivity index (χ0v) is 15.2. The van der Waals surface area contributed by atoms with Crippen molar-refractivity contribution in [2.24, 2.45) is 5.92 Å². The Hall–Kier alpha value is -2.10. The van der Waals surface area contributed by atoms with E-state index >= 15 is 0 Å². The van der Waals surface area contributed by atoms with Gasteiger partial charge in [-0.3, -0.25) is 9.59 Å². The van der Waals surface area contributed by atoms with E-state index in [0.29, 0.717) is 12.1 Å². The van der Waals surface area contributed by atoms with Gasteiger partial charge in [0.1, 0.15) is 0 Å². The Morgan fingerprint density at radius 1 is 1.29 bits per heavy atom. The van der Waals surface area contributed by atoms with Crippen molar-refractivity contribution in [2.45, 2.75) is 46.0 Å². The van der Waals surface area contributed by atoms with Crippen LogP contribution in [0.1, 0.15) is 45.1 Å². The zero-order valence-electron chi connectivity index (χ0n) is 15.2. The molecule has 0 saturated carbocycles. The number of likely N-dealkylation sites (N-methyl/N-ethyl adjacent to an activating group) is 1. The van der Waals surface area contributed by atoms with E-state index in [1.807, 2.05) is 25.2 Å². The molecule has 24 heavy (non-hydrogen) atoms. The first-order valence-corrected chi connectivity index (χ1v) is 8.76. The quantitative estimate of drug-likeness (QED) is 0.659. The van der Waals surface area contributed by atoms with Crippen LogP contribution in [0.4, 0.5) is 5.69 Å². The van der Waals surface area contributed by atoms with Crippen molar-refractivity contribution in [1.29, 1.82) is 0 Å². The normalized spacial score (nSPS) is 10.5. The predicted octanol–water partition coefficient (Wildman–Crippen LogP) is 4.03. The highest BCUT2D eigenvalue weighted by Gasteiger charge is 2.11. The Balaban J connectivity index is 2.50. The van der Waals surface area contributed by atoms with Gasteiger partial charge in [-0.15, -0.1) is 0 Å². The molecule has 0 fully saturated rings. The van der Waals surface area contributed by atoms with E-state index in [2.05, 4.69) is 25.7 Å². The fraction of sp³-hybridized carbons (Fsp3) is 0.500. The largest absolute Gasteiger partial charge is 0.345 e. The van der Waals surface area contributed by atoms with Crippen molar-refractivity contribution < 1.29 is 9.59 Å². The van der Waals surface area contributed by atoms with E-state index in [9.17, 15) is 9.59 Å². The van der Waals surface area contributed by atoms with Gasteiger partial charge in [-0.2, -0.15) is 0 Å². The Morgan fingerprint density at radius 2 is 2.00 bits per heavy atom. The number of anilines is 1. The third-order valence-corrected chi connectivity index (χ3v) is 4.42. The third-order valence-electron chi connectivity index (χ3n) is 4.42. The minimum Gasteiger partial charge on any atom is -0.345 e. The lowest BCUT2D eigenvalue weighted by Gasteiger charge is -2.19. The van der Waals surface area contributed by atoms with Crippen molar-refractivity contribution in [1.82, 2.24) is 4.90 Å². The van der Waals surface area contributed by atoms with Gasteiger partial charge in [0.25, 0.3) is 0 Å². The van der Waals surface area contributed by atoms with Gasteiger partial charge in [0, 0.05) is 19.3 Å². The first-order chi connectivity index (χ1) is 11.5. The number of carbonyl (C=O) groups is 2. The average Bonchev–Trinajstić information content (AvgIpc) is 2.58. The minimum atomic E-state index is -0.253. The molecule has 1 rings (SSSR count).